The topological polar surface area (TPSA) is 76.8 Å². The minimum atomic E-state index is -0.0216. The zero-order chi connectivity index (χ0) is 16.5. The summed E-state index contributed by atoms with van der Waals surface area (Å²) in [6.07, 6.45) is 6.95. The van der Waals surface area contributed by atoms with Gasteiger partial charge in [0.25, 0.3) is 5.91 Å². The summed E-state index contributed by atoms with van der Waals surface area (Å²) in [6.45, 7) is 1.39. The van der Waals surface area contributed by atoms with Gasteiger partial charge in [0.15, 0.2) is 5.65 Å². The Morgan fingerprint density at radius 3 is 2.88 bits per heavy atom. The van der Waals surface area contributed by atoms with Gasteiger partial charge in [0.2, 0.25) is 0 Å². The monoisotopic (exact) mass is 322 g/mol. The molecule has 1 saturated heterocycles. The highest BCUT2D eigenvalue weighted by molar-refractivity contribution is 5.92. The molecule has 4 rings (SSSR count). The van der Waals surface area contributed by atoms with Gasteiger partial charge in [-0.25, -0.2) is 14.6 Å². The van der Waals surface area contributed by atoms with Crippen molar-refractivity contribution in [2.24, 2.45) is 7.05 Å². The van der Waals surface area contributed by atoms with Crippen LogP contribution in [0.5, 0.6) is 0 Å². The molecule has 3 aromatic heterocycles. The van der Waals surface area contributed by atoms with Gasteiger partial charge in [-0.05, 0) is 25.0 Å². The van der Waals surface area contributed by atoms with E-state index in [2.05, 4.69) is 20.1 Å². The summed E-state index contributed by atoms with van der Waals surface area (Å²) in [5.74, 6) is 0.151. The number of likely N-dealkylation sites (tertiary alicyclic amines) is 1. The molecule has 1 aliphatic rings. The minimum Gasteiger partial charge on any atom is -0.337 e. The molecule has 0 saturated carbocycles. The lowest BCUT2D eigenvalue weighted by atomic mass is 9.94. The Morgan fingerprint density at radius 1 is 1.17 bits per heavy atom. The number of aromatic nitrogens is 5. The minimum absolute atomic E-state index is 0.0216. The van der Waals surface area contributed by atoms with Crippen molar-refractivity contribution in [3.8, 4) is 0 Å². The zero-order valence-electron chi connectivity index (χ0n) is 13.5. The molecule has 0 bridgehead atoms. The van der Waals surface area contributed by atoms with Crippen LogP contribution in [-0.2, 0) is 7.05 Å². The van der Waals surface area contributed by atoms with Gasteiger partial charge in [-0.15, -0.1) is 0 Å². The van der Waals surface area contributed by atoms with E-state index in [9.17, 15) is 4.79 Å². The van der Waals surface area contributed by atoms with Crippen LogP contribution in [0.3, 0.4) is 0 Å². The van der Waals surface area contributed by atoms with Crippen LogP contribution in [0.4, 0.5) is 0 Å². The molecule has 1 fully saturated rings. The molecule has 0 spiro atoms. The molecule has 1 atom stereocenters. The highest BCUT2D eigenvalue weighted by Crippen LogP contribution is 2.30. The van der Waals surface area contributed by atoms with E-state index in [1.54, 1.807) is 29.3 Å². The highest BCUT2D eigenvalue weighted by Gasteiger charge is 2.29. The smallest absolute Gasteiger partial charge is 0.272 e. The van der Waals surface area contributed by atoms with Gasteiger partial charge in [0.1, 0.15) is 11.2 Å². The molecule has 3 aromatic rings. The Kier molecular flexibility index (Phi) is 3.68. The predicted molar refractivity (Wildman–Crippen MR) is 88.4 cm³/mol. The summed E-state index contributed by atoms with van der Waals surface area (Å²) in [5, 5.41) is 4.62. The Labute approximate surface area is 139 Å². The van der Waals surface area contributed by atoms with Gasteiger partial charge in [-0.3, -0.25) is 9.78 Å². The first kappa shape index (κ1) is 14.7. The maximum absolute atomic E-state index is 12.7. The van der Waals surface area contributed by atoms with Crippen LogP contribution in [0, 0.1) is 0 Å². The maximum Gasteiger partial charge on any atom is 0.272 e. The molecule has 7 heteroatoms. The number of amides is 1. The molecular weight excluding hydrogens is 304 g/mol. The van der Waals surface area contributed by atoms with E-state index in [0.29, 0.717) is 12.2 Å². The lowest BCUT2D eigenvalue weighted by Gasteiger charge is -2.31. The number of carbonyl (C=O) groups excluding carboxylic acids is 1. The molecule has 7 nitrogen and oxygen atoms in total. The highest BCUT2D eigenvalue weighted by atomic mass is 16.2. The summed E-state index contributed by atoms with van der Waals surface area (Å²) in [4.78, 5) is 27.5. The molecule has 0 aromatic carbocycles. The number of pyridine rings is 1. The summed E-state index contributed by atoms with van der Waals surface area (Å²) < 4.78 is 1.76. The van der Waals surface area contributed by atoms with Crippen LogP contribution >= 0.6 is 0 Å². The largest absolute Gasteiger partial charge is 0.337 e. The van der Waals surface area contributed by atoms with Crippen LogP contribution in [0.1, 0.15) is 34.9 Å². The lowest BCUT2D eigenvalue weighted by Crippen LogP contribution is -2.39. The van der Waals surface area contributed by atoms with E-state index < -0.39 is 0 Å². The molecular formula is C17H18N6O. The van der Waals surface area contributed by atoms with E-state index in [0.717, 1.165) is 36.2 Å². The number of hydrogen-bond donors (Lipinski definition) is 0. The SMILES string of the molecule is Cn1nc([C@@H]2CCCN(C(=O)c3ccccn3)C2)c2nccnc21. The van der Waals surface area contributed by atoms with E-state index in [-0.39, 0.29) is 11.8 Å². The fourth-order valence-electron chi connectivity index (χ4n) is 3.32. The van der Waals surface area contributed by atoms with Gasteiger partial charge in [0, 0.05) is 44.6 Å². The van der Waals surface area contributed by atoms with E-state index >= 15 is 0 Å². The maximum atomic E-state index is 12.7. The first-order valence-electron chi connectivity index (χ1n) is 8.08. The van der Waals surface area contributed by atoms with E-state index in [1.165, 1.54) is 0 Å². The molecule has 0 N–H and O–H groups in total. The molecule has 4 heterocycles. The van der Waals surface area contributed by atoms with E-state index in [4.69, 9.17) is 0 Å². The Morgan fingerprint density at radius 2 is 2.04 bits per heavy atom. The first-order chi connectivity index (χ1) is 11.7. The van der Waals surface area contributed by atoms with Crippen molar-refractivity contribution >= 4 is 17.1 Å². The predicted octanol–water partition coefficient (Wildman–Crippen LogP) is 1.78. The second-order valence-electron chi connectivity index (χ2n) is 6.04. The Balaban J connectivity index is 1.62. The molecule has 24 heavy (non-hydrogen) atoms. The number of aryl methyl sites for hydroxylation is 1. The van der Waals surface area contributed by atoms with Crippen molar-refractivity contribution in [1.82, 2.24) is 29.6 Å². The third-order valence-corrected chi connectivity index (χ3v) is 4.47. The van der Waals surface area contributed by atoms with Gasteiger partial charge in [-0.1, -0.05) is 6.07 Å². The fourth-order valence-corrected chi connectivity index (χ4v) is 3.32. The summed E-state index contributed by atoms with van der Waals surface area (Å²) in [5.41, 5.74) is 3.03. The van der Waals surface area contributed by atoms with Crippen LogP contribution in [0.25, 0.3) is 11.2 Å². The molecule has 1 amide bonds. The van der Waals surface area contributed by atoms with Crippen molar-refractivity contribution in [2.75, 3.05) is 13.1 Å². The number of hydrogen-bond acceptors (Lipinski definition) is 5. The number of nitrogens with zero attached hydrogens (tertiary/aromatic N) is 6. The summed E-state index contributed by atoms with van der Waals surface area (Å²) in [7, 11) is 1.88. The number of fused-ring (bicyclic) bond motifs is 1. The zero-order valence-corrected chi connectivity index (χ0v) is 13.5. The molecule has 122 valence electrons. The summed E-state index contributed by atoms with van der Waals surface area (Å²) >= 11 is 0. The average Bonchev–Trinajstić information content (AvgIpc) is 2.99. The van der Waals surface area contributed by atoms with Crippen LogP contribution in [0.2, 0.25) is 0 Å². The molecule has 0 aliphatic carbocycles. The van der Waals surface area contributed by atoms with Gasteiger partial charge in [0.05, 0.1) is 5.69 Å². The molecule has 1 aliphatic heterocycles. The molecule has 0 unspecified atom stereocenters. The third-order valence-electron chi connectivity index (χ3n) is 4.47. The Hall–Kier alpha value is -2.83. The standard InChI is InChI=1S/C17H18N6O/c1-22-16-15(19-8-9-20-16)14(21-22)12-5-4-10-23(11-12)17(24)13-6-2-3-7-18-13/h2-3,6-9,12H,4-5,10-11H2,1H3/t12-/m1/s1. The average molecular weight is 322 g/mol. The Bertz CT molecular complexity index is 875. The lowest BCUT2D eigenvalue weighted by molar-refractivity contribution is 0.0700. The van der Waals surface area contributed by atoms with E-state index in [1.807, 2.05) is 24.1 Å². The van der Waals surface area contributed by atoms with Gasteiger partial charge >= 0.3 is 0 Å². The van der Waals surface area contributed by atoms with Crippen molar-refractivity contribution in [1.29, 1.82) is 0 Å². The first-order valence-corrected chi connectivity index (χ1v) is 8.08. The quantitative estimate of drug-likeness (QED) is 0.719. The number of piperidine rings is 1. The second kappa shape index (κ2) is 5.99. The van der Waals surface area contributed by atoms with Gasteiger partial charge < -0.3 is 4.90 Å². The fraction of sp³-hybridized carbons (Fsp3) is 0.353. The second-order valence-corrected chi connectivity index (χ2v) is 6.04. The van der Waals surface area contributed by atoms with Crippen molar-refractivity contribution in [3.63, 3.8) is 0 Å². The third kappa shape index (κ3) is 2.51. The van der Waals surface area contributed by atoms with Crippen molar-refractivity contribution in [3.05, 3.63) is 48.2 Å². The van der Waals surface area contributed by atoms with Crippen LogP contribution in [0.15, 0.2) is 36.8 Å². The van der Waals surface area contributed by atoms with Gasteiger partial charge in [-0.2, -0.15) is 5.10 Å². The van der Waals surface area contributed by atoms with Crippen molar-refractivity contribution < 1.29 is 4.79 Å². The van der Waals surface area contributed by atoms with Crippen molar-refractivity contribution in [2.45, 2.75) is 18.8 Å². The number of carbonyl (C=O) groups is 1. The molecule has 0 radical (unpaired) electrons. The van der Waals surface area contributed by atoms with Crippen LogP contribution < -0.4 is 0 Å². The number of rotatable bonds is 2. The normalized spacial score (nSPS) is 18.0. The summed E-state index contributed by atoms with van der Waals surface area (Å²) in [6, 6.07) is 5.41. The van der Waals surface area contributed by atoms with Crippen LogP contribution in [-0.4, -0.2) is 48.6 Å².